The number of hydrogen-bond donors (Lipinski definition) is 2. The molecule has 0 fully saturated rings. The van der Waals surface area contributed by atoms with Crippen LogP contribution in [0.25, 0.3) is 0 Å². The summed E-state index contributed by atoms with van der Waals surface area (Å²) in [6, 6.07) is 14.3. The van der Waals surface area contributed by atoms with E-state index in [1.807, 2.05) is 20.8 Å². The smallest absolute Gasteiger partial charge is 0.261 e. The van der Waals surface area contributed by atoms with Gasteiger partial charge in [0, 0.05) is 17.3 Å². The Balaban J connectivity index is 2.13. The minimum Gasteiger partial charge on any atom is -0.497 e. The van der Waals surface area contributed by atoms with Crippen LogP contribution in [-0.2, 0) is 9.59 Å². The van der Waals surface area contributed by atoms with Gasteiger partial charge in [-0.05, 0) is 61.5 Å². The number of hydrogen-bond acceptors (Lipinski definition) is 7. The minimum atomic E-state index is -1.09. The first-order valence-electron chi connectivity index (χ1n) is 12.5. The van der Waals surface area contributed by atoms with E-state index in [0.717, 1.165) is 0 Å². The lowest BCUT2D eigenvalue weighted by Crippen LogP contribution is -2.52. The van der Waals surface area contributed by atoms with Crippen LogP contribution in [0.4, 0.5) is 5.69 Å². The molecule has 9 nitrogen and oxygen atoms in total. The Morgan fingerprint density at radius 3 is 2.31 bits per heavy atom. The molecule has 0 saturated heterocycles. The Bertz CT molecular complexity index is 1290. The Morgan fingerprint density at radius 2 is 1.69 bits per heavy atom. The highest BCUT2D eigenvalue weighted by molar-refractivity contribution is 7.12. The molecule has 10 heteroatoms. The highest BCUT2D eigenvalue weighted by Gasteiger charge is 2.35. The third kappa shape index (κ3) is 7.29. The molecule has 0 unspecified atom stereocenters. The molecule has 0 aliphatic heterocycles. The van der Waals surface area contributed by atoms with E-state index < -0.39 is 17.5 Å². The van der Waals surface area contributed by atoms with E-state index >= 15 is 0 Å². The monoisotopic (exact) mass is 553 g/mol. The molecule has 3 aromatic rings. The molecule has 208 valence electrons. The van der Waals surface area contributed by atoms with Crippen molar-refractivity contribution in [2.24, 2.45) is 0 Å². The first-order valence-corrected chi connectivity index (χ1v) is 13.3. The number of anilines is 1. The quantitative estimate of drug-likeness (QED) is 0.340. The van der Waals surface area contributed by atoms with Crippen molar-refractivity contribution in [3.63, 3.8) is 0 Å². The van der Waals surface area contributed by atoms with Crippen molar-refractivity contribution in [1.29, 1.82) is 0 Å². The van der Waals surface area contributed by atoms with Crippen LogP contribution in [0.3, 0.4) is 0 Å². The molecular weight excluding hydrogens is 518 g/mol. The predicted molar refractivity (Wildman–Crippen MR) is 152 cm³/mol. The first kappa shape index (κ1) is 29.5. The zero-order valence-electron chi connectivity index (χ0n) is 23.1. The number of thiophene rings is 1. The first-order chi connectivity index (χ1) is 18.6. The van der Waals surface area contributed by atoms with E-state index in [2.05, 4.69) is 10.6 Å². The predicted octanol–water partition coefficient (Wildman–Crippen LogP) is 4.58. The fourth-order valence-corrected chi connectivity index (χ4v) is 4.51. The van der Waals surface area contributed by atoms with Gasteiger partial charge in [0.25, 0.3) is 5.91 Å². The van der Waals surface area contributed by atoms with Crippen LogP contribution in [0.15, 0.2) is 60.0 Å². The number of benzene rings is 2. The molecule has 3 rings (SSSR count). The van der Waals surface area contributed by atoms with Gasteiger partial charge in [0.1, 0.15) is 11.8 Å². The average Bonchev–Trinajstić information content (AvgIpc) is 3.49. The Morgan fingerprint density at radius 1 is 0.949 bits per heavy atom. The van der Waals surface area contributed by atoms with Crippen molar-refractivity contribution in [3.8, 4) is 17.2 Å². The van der Waals surface area contributed by atoms with Crippen LogP contribution >= 0.6 is 11.3 Å². The fraction of sp³-hybridized carbons (Fsp3) is 0.345. The van der Waals surface area contributed by atoms with Crippen molar-refractivity contribution < 1.29 is 28.6 Å². The van der Waals surface area contributed by atoms with E-state index in [9.17, 15) is 14.4 Å². The molecule has 1 aromatic heterocycles. The Labute approximate surface area is 233 Å². The Hall–Kier alpha value is -4.05. The van der Waals surface area contributed by atoms with Crippen molar-refractivity contribution >= 4 is 34.7 Å². The van der Waals surface area contributed by atoms with Crippen molar-refractivity contribution in [3.05, 3.63) is 70.4 Å². The highest BCUT2D eigenvalue weighted by atomic mass is 32.1. The number of rotatable bonds is 12. The zero-order chi connectivity index (χ0) is 28.6. The minimum absolute atomic E-state index is 0.337. The average molecular weight is 554 g/mol. The maximum absolute atomic E-state index is 14.0. The van der Waals surface area contributed by atoms with Gasteiger partial charge in [-0.15, -0.1) is 11.3 Å². The van der Waals surface area contributed by atoms with Gasteiger partial charge >= 0.3 is 0 Å². The van der Waals surface area contributed by atoms with Gasteiger partial charge < -0.3 is 24.8 Å². The largest absolute Gasteiger partial charge is 0.497 e. The summed E-state index contributed by atoms with van der Waals surface area (Å²) >= 11 is 1.27. The van der Waals surface area contributed by atoms with Crippen LogP contribution in [0.2, 0.25) is 0 Å². The summed E-state index contributed by atoms with van der Waals surface area (Å²) in [5.41, 5.74) is 0.389. The number of ether oxygens (including phenoxy) is 3. The summed E-state index contributed by atoms with van der Waals surface area (Å²) < 4.78 is 16.3. The van der Waals surface area contributed by atoms with Crippen molar-refractivity contribution in [2.75, 3.05) is 32.8 Å². The van der Waals surface area contributed by atoms with Crippen LogP contribution in [0.1, 0.15) is 48.5 Å². The molecule has 0 spiro atoms. The molecule has 0 aliphatic carbocycles. The van der Waals surface area contributed by atoms with Gasteiger partial charge in [0.05, 0.1) is 32.8 Å². The van der Waals surface area contributed by atoms with Crippen LogP contribution < -0.4 is 29.7 Å². The molecule has 2 N–H and O–H groups in total. The molecule has 39 heavy (non-hydrogen) atoms. The summed E-state index contributed by atoms with van der Waals surface area (Å²) in [6.07, 6.45) is 0.671. The lowest BCUT2D eigenvalue weighted by atomic mass is 9.98. The van der Waals surface area contributed by atoms with Crippen LogP contribution in [0.5, 0.6) is 17.2 Å². The number of carbonyl (C=O) groups excluding carboxylic acids is 3. The normalized spacial score (nSPS) is 11.7. The van der Waals surface area contributed by atoms with Gasteiger partial charge in [0.15, 0.2) is 11.5 Å². The second kappa shape index (κ2) is 13.1. The third-order valence-corrected chi connectivity index (χ3v) is 7.19. The standard InChI is InChI=1S/C29H35N3O6S/c1-7-29(2,3)31-28(35)26(19-10-8-11-21(16-19)36-4)32(20-13-14-22(37-5)23(17-20)38-6)25(33)18-30-27(34)24-12-9-15-39-24/h8-17,26H,7,18H2,1-6H3,(H,30,34)(H,31,35)/t26-/m0/s1. The zero-order valence-corrected chi connectivity index (χ0v) is 23.9. The van der Waals surface area contributed by atoms with Crippen molar-refractivity contribution in [1.82, 2.24) is 10.6 Å². The molecule has 1 heterocycles. The lowest BCUT2D eigenvalue weighted by Gasteiger charge is -2.35. The SMILES string of the molecule is CCC(C)(C)NC(=O)[C@H](c1cccc(OC)c1)N(C(=O)CNC(=O)c1cccs1)c1ccc(OC)c(OC)c1. The van der Waals surface area contributed by atoms with E-state index in [4.69, 9.17) is 14.2 Å². The molecule has 0 aliphatic rings. The summed E-state index contributed by atoms with van der Waals surface area (Å²) in [6.45, 7) is 5.46. The number of nitrogens with one attached hydrogen (secondary N) is 2. The molecule has 0 bridgehead atoms. The van der Waals surface area contributed by atoms with E-state index in [1.54, 1.807) is 60.0 Å². The molecule has 3 amide bonds. The van der Waals surface area contributed by atoms with E-state index in [1.165, 1.54) is 37.6 Å². The van der Waals surface area contributed by atoms with Gasteiger partial charge in [-0.3, -0.25) is 19.3 Å². The topological polar surface area (TPSA) is 106 Å². The maximum atomic E-state index is 14.0. The molecule has 1 atom stereocenters. The second-order valence-corrected chi connectivity index (χ2v) is 10.3. The fourth-order valence-electron chi connectivity index (χ4n) is 3.87. The van der Waals surface area contributed by atoms with Crippen LogP contribution in [0, 0.1) is 0 Å². The highest BCUT2D eigenvalue weighted by Crippen LogP contribution is 2.36. The van der Waals surface area contributed by atoms with E-state index in [-0.39, 0.29) is 18.4 Å². The van der Waals surface area contributed by atoms with E-state index in [0.29, 0.717) is 39.8 Å². The van der Waals surface area contributed by atoms with Gasteiger partial charge in [0.2, 0.25) is 11.8 Å². The summed E-state index contributed by atoms with van der Waals surface area (Å²) in [4.78, 5) is 42.3. The summed E-state index contributed by atoms with van der Waals surface area (Å²) in [7, 11) is 4.54. The third-order valence-electron chi connectivity index (χ3n) is 6.32. The van der Waals surface area contributed by atoms with Gasteiger partial charge in [-0.2, -0.15) is 0 Å². The number of carbonyl (C=O) groups is 3. The van der Waals surface area contributed by atoms with Crippen molar-refractivity contribution in [2.45, 2.75) is 38.8 Å². The van der Waals surface area contributed by atoms with Gasteiger partial charge in [-0.25, -0.2) is 0 Å². The summed E-state index contributed by atoms with van der Waals surface area (Å²) in [5.74, 6) is 0.126. The van der Waals surface area contributed by atoms with Crippen LogP contribution in [-0.4, -0.2) is 51.1 Å². The number of methoxy groups -OCH3 is 3. The second-order valence-electron chi connectivity index (χ2n) is 9.37. The molecule has 0 saturated carbocycles. The number of nitrogens with zero attached hydrogens (tertiary/aromatic N) is 1. The molecule has 0 radical (unpaired) electrons. The van der Waals surface area contributed by atoms with Gasteiger partial charge in [-0.1, -0.05) is 25.1 Å². The lowest BCUT2D eigenvalue weighted by molar-refractivity contribution is -0.127. The maximum Gasteiger partial charge on any atom is 0.261 e. The molecular formula is C29H35N3O6S. The summed E-state index contributed by atoms with van der Waals surface area (Å²) in [5, 5.41) is 7.53. The number of amides is 3. The molecule has 2 aromatic carbocycles. The Kier molecular flexibility index (Phi) is 9.95.